The first-order valence-corrected chi connectivity index (χ1v) is 4.99. The van der Waals surface area contributed by atoms with Crippen LogP contribution in [0.1, 0.15) is 27.2 Å². The number of aliphatic hydroxyl groups is 1. The van der Waals surface area contributed by atoms with Crippen LogP contribution in [0.25, 0.3) is 0 Å². The van der Waals surface area contributed by atoms with Crippen molar-refractivity contribution in [1.82, 2.24) is 5.32 Å². The summed E-state index contributed by atoms with van der Waals surface area (Å²) in [7, 11) is 0. The number of carbonyl (C=O) groups is 1. The Morgan fingerprint density at radius 3 is 2.54 bits per heavy atom. The average Bonchev–Trinajstić information content (AvgIpc) is 2.13. The van der Waals surface area contributed by atoms with Gasteiger partial charge in [0.25, 0.3) is 0 Å². The Bertz CT molecular complexity index is 171. The number of carbonyl (C=O) groups excluding carboxylic acids is 1. The molecule has 0 bridgehead atoms. The van der Waals surface area contributed by atoms with Crippen molar-refractivity contribution in [2.75, 3.05) is 12.4 Å². The van der Waals surface area contributed by atoms with E-state index in [9.17, 15) is 9.90 Å². The van der Waals surface area contributed by atoms with Crippen molar-refractivity contribution in [1.29, 1.82) is 0 Å². The first-order valence-electron chi connectivity index (χ1n) is 4.46. The van der Waals surface area contributed by atoms with Gasteiger partial charge < -0.3 is 10.4 Å². The maximum absolute atomic E-state index is 11.4. The normalized spacial score (nSPS) is 13.9. The van der Waals surface area contributed by atoms with Crippen molar-refractivity contribution in [2.45, 2.75) is 33.3 Å². The number of amides is 1. The second-order valence-electron chi connectivity index (χ2n) is 3.79. The van der Waals surface area contributed by atoms with Gasteiger partial charge in [0.15, 0.2) is 0 Å². The van der Waals surface area contributed by atoms with Gasteiger partial charge in [-0.2, -0.15) is 0 Å². The second kappa shape index (κ2) is 5.45. The topological polar surface area (TPSA) is 49.3 Å². The van der Waals surface area contributed by atoms with Gasteiger partial charge in [0, 0.05) is 12.4 Å². The van der Waals surface area contributed by atoms with E-state index in [0.29, 0.717) is 13.0 Å². The van der Waals surface area contributed by atoms with Crippen LogP contribution in [0.3, 0.4) is 0 Å². The lowest BCUT2D eigenvalue weighted by Crippen LogP contribution is -2.41. The van der Waals surface area contributed by atoms with Crippen LogP contribution in [0.2, 0.25) is 0 Å². The molecule has 0 aromatic rings. The Hall–Kier alpha value is -0.280. The van der Waals surface area contributed by atoms with Crippen LogP contribution >= 0.6 is 11.6 Å². The van der Waals surface area contributed by atoms with Crippen molar-refractivity contribution >= 4 is 17.5 Å². The monoisotopic (exact) mass is 207 g/mol. The van der Waals surface area contributed by atoms with Crippen LogP contribution in [-0.2, 0) is 4.79 Å². The first-order chi connectivity index (χ1) is 5.94. The number of hydrogen-bond donors (Lipinski definition) is 2. The molecular weight excluding hydrogens is 190 g/mol. The molecule has 78 valence electrons. The summed E-state index contributed by atoms with van der Waals surface area (Å²) in [6.45, 7) is 5.71. The third-order valence-electron chi connectivity index (χ3n) is 1.92. The lowest BCUT2D eigenvalue weighted by atomic mass is 9.95. The van der Waals surface area contributed by atoms with Crippen molar-refractivity contribution in [3.8, 4) is 0 Å². The van der Waals surface area contributed by atoms with E-state index in [2.05, 4.69) is 5.32 Å². The summed E-state index contributed by atoms with van der Waals surface area (Å²) in [5.74, 6) is 0.163. The molecule has 1 unspecified atom stereocenters. The molecule has 0 heterocycles. The van der Waals surface area contributed by atoms with Crippen molar-refractivity contribution < 1.29 is 9.90 Å². The van der Waals surface area contributed by atoms with Crippen LogP contribution in [0.5, 0.6) is 0 Å². The van der Waals surface area contributed by atoms with Crippen LogP contribution in [0, 0.1) is 5.41 Å². The standard InChI is InChI=1S/C9H18ClNO2/c1-4-7(12)5-11-8(13)9(2,3)6-10/h7,12H,4-6H2,1-3H3,(H,11,13). The van der Waals surface area contributed by atoms with Crippen molar-refractivity contribution in [2.24, 2.45) is 5.41 Å². The maximum atomic E-state index is 11.4. The van der Waals surface area contributed by atoms with Crippen molar-refractivity contribution in [3.05, 3.63) is 0 Å². The smallest absolute Gasteiger partial charge is 0.226 e. The highest BCUT2D eigenvalue weighted by atomic mass is 35.5. The highest BCUT2D eigenvalue weighted by Gasteiger charge is 2.26. The van der Waals surface area contributed by atoms with Crippen molar-refractivity contribution in [3.63, 3.8) is 0 Å². The minimum Gasteiger partial charge on any atom is -0.391 e. The molecule has 3 nitrogen and oxygen atoms in total. The average molecular weight is 208 g/mol. The zero-order valence-electron chi connectivity index (χ0n) is 8.43. The largest absolute Gasteiger partial charge is 0.391 e. The molecule has 0 saturated carbocycles. The van der Waals surface area contributed by atoms with Gasteiger partial charge in [-0.1, -0.05) is 6.92 Å². The molecule has 1 atom stereocenters. The van der Waals surface area contributed by atoms with E-state index >= 15 is 0 Å². The molecular formula is C9H18ClNO2. The van der Waals surface area contributed by atoms with E-state index in [1.54, 1.807) is 13.8 Å². The van der Waals surface area contributed by atoms with Gasteiger partial charge in [-0.15, -0.1) is 11.6 Å². The van der Waals surface area contributed by atoms with Gasteiger partial charge in [0.1, 0.15) is 0 Å². The molecule has 2 N–H and O–H groups in total. The first kappa shape index (κ1) is 12.7. The predicted octanol–water partition coefficient (Wildman–Crippen LogP) is 1.14. The van der Waals surface area contributed by atoms with Gasteiger partial charge in [0.05, 0.1) is 11.5 Å². The zero-order chi connectivity index (χ0) is 10.5. The quantitative estimate of drug-likeness (QED) is 0.665. The van der Waals surface area contributed by atoms with E-state index < -0.39 is 11.5 Å². The van der Waals surface area contributed by atoms with E-state index in [-0.39, 0.29) is 11.8 Å². The van der Waals surface area contributed by atoms with Gasteiger partial charge >= 0.3 is 0 Å². The van der Waals surface area contributed by atoms with Crippen LogP contribution in [0.4, 0.5) is 0 Å². The van der Waals surface area contributed by atoms with E-state index in [4.69, 9.17) is 11.6 Å². The number of aliphatic hydroxyl groups excluding tert-OH is 1. The summed E-state index contributed by atoms with van der Waals surface area (Å²) in [5, 5.41) is 11.8. The van der Waals surface area contributed by atoms with E-state index in [1.807, 2.05) is 6.92 Å². The minimum atomic E-state index is -0.560. The van der Waals surface area contributed by atoms with Gasteiger partial charge in [-0.05, 0) is 20.3 Å². The van der Waals surface area contributed by atoms with Crippen LogP contribution in [0.15, 0.2) is 0 Å². The van der Waals surface area contributed by atoms with Crippen LogP contribution < -0.4 is 5.32 Å². The molecule has 13 heavy (non-hydrogen) atoms. The Morgan fingerprint density at radius 1 is 1.62 bits per heavy atom. The zero-order valence-corrected chi connectivity index (χ0v) is 9.19. The number of rotatable bonds is 5. The number of halogens is 1. The third-order valence-corrected chi connectivity index (χ3v) is 2.59. The number of hydrogen-bond acceptors (Lipinski definition) is 2. The summed E-state index contributed by atoms with van der Waals surface area (Å²) in [6, 6.07) is 0. The fourth-order valence-corrected chi connectivity index (χ4v) is 0.776. The molecule has 0 saturated heterocycles. The lowest BCUT2D eigenvalue weighted by Gasteiger charge is -2.21. The molecule has 0 rings (SSSR count). The molecule has 0 spiro atoms. The summed E-state index contributed by atoms with van der Waals surface area (Å²) in [4.78, 5) is 11.4. The number of nitrogens with one attached hydrogen (secondary N) is 1. The highest BCUT2D eigenvalue weighted by Crippen LogP contribution is 2.16. The predicted molar refractivity (Wildman–Crippen MR) is 53.8 cm³/mol. The Kier molecular flexibility index (Phi) is 5.33. The molecule has 1 amide bonds. The SMILES string of the molecule is CCC(O)CNC(=O)C(C)(C)CCl. The highest BCUT2D eigenvalue weighted by molar-refractivity contribution is 6.19. The fourth-order valence-electron chi connectivity index (χ4n) is 0.655. The molecule has 0 aliphatic rings. The third kappa shape index (κ3) is 4.48. The van der Waals surface area contributed by atoms with Crippen LogP contribution in [-0.4, -0.2) is 29.5 Å². The molecule has 4 heteroatoms. The maximum Gasteiger partial charge on any atom is 0.226 e. The molecule has 0 fully saturated rings. The van der Waals surface area contributed by atoms with E-state index in [1.165, 1.54) is 0 Å². The van der Waals surface area contributed by atoms with Gasteiger partial charge in [-0.3, -0.25) is 4.79 Å². The summed E-state index contributed by atoms with van der Waals surface area (Å²) >= 11 is 5.61. The molecule has 0 aliphatic carbocycles. The molecule has 0 radical (unpaired) electrons. The lowest BCUT2D eigenvalue weighted by molar-refractivity contribution is -0.128. The summed E-state index contributed by atoms with van der Waals surface area (Å²) in [5.41, 5.74) is -0.560. The molecule has 0 aromatic heterocycles. The summed E-state index contributed by atoms with van der Waals surface area (Å²) in [6.07, 6.45) is 0.178. The fraction of sp³-hybridized carbons (Fsp3) is 0.889. The minimum absolute atomic E-state index is 0.116. The Balaban J connectivity index is 3.88. The summed E-state index contributed by atoms with van der Waals surface area (Å²) < 4.78 is 0. The molecule has 0 aliphatic heterocycles. The Morgan fingerprint density at radius 2 is 2.15 bits per heavy atom. The van der Waals surface area contributed by atoms with E-state index in [0.717, 1.165) is 0 Å². The second-order valence-corrected chi connectivity index (χ2v) is 4.06. The molecule has 0 aromatic carbocycles. The van der Waals surface area contributed by atoms with Gasteiger partial charge in [-0.25, -0.2) is 0 Å². The van der Waals surface area contributed by atoms with Gasteiger partial charge in [0.2, 0.25) is 5.91 Å². The number of alkyl halides is 1. The Labute approximate surface area is 84.5 Å².